The SMILES string of the molecule is COCCCNC(=O)Cc1ccc(NC2=NC3CS(=O)(=O)CC3S2)cc1. The normalized spacial score (nSPS) is 23.3. The molecule has 2 unspecified atom stereocenters. The third kappa shape index (κ3) is 5.21. The lowest BCUT2D eigenvalue weighted by Gasteiger charge is -2.08. The number of ether oxygens (including phenoxy) is 1. The van der Waals surface area contributed by atoms with E-state index in [0.717, 1.165) is 22.8 Å². The number of carbonyl (C=O) groups excluding carboxylic acids is 1. The van der Waals surface area contributed by atoms with Gasteiger partial charge in [0.05, 0.1) is 24.0 Å². The van der Waals surface area contributed by atoms with Crippen LogP contribution in [0.2, 0.25) is 0 Å². The monoisotopic (exact) mass is 397 g/mol. The van der Waals surface area contributed by atoms with Crippen molar-refractivity contribution >= 4 is 38.4 Å². The minimum atomic E-state index is -2.93. The molecule has 2 aliphatic rings. The van der Waals surface area contributed by atoms with Crippen molar-refractivity contribution in [3.05, 3.63) is 29.8 Å². The van der Waals surface area contributed by atoms with E-state index in [4.69, 9.17) is 4.74 Å². The number of aliphatic imine (C=N–C) groups is 1. The average molecular weight is 398 g/mol. The van der Waals surface area contributed by atoms with E-state index in [1.165, 1.54) is 11.8 Å². The lowest BCUT2D eigenvalue weighted by Crippen LogP contribution is -2.26. The number of methoxy groups -OCH3 is 1. The molecule has 26 heavy (non-hydrogen) atoms. The summed E-state index contributed by atoms with van der Waals surface area (Å²) in [7, 11) is -1.29. The smallest absolute Gasteiger partial charge is 0.224 e. The number of fused-ring (bicyclic) bond motifs is 1. The maximum Gasteiger partial charge on any atom is 0.224 e. The Kier molecular flexibility index (Phi) is 6.20. The maximum absolute atomic E-state index is 11.9. The van der Waals surface area contributed by atoms with E-state index in [1.54, 1.807) is 7.11 Å². The lowest BCUT2D eigenvalue weighted by molar-refractivity contribution is -0.120. The highest BCUT2D eigenvalue weighted by molar-refractivity contribution is 8.15. The number of hydrogen-bond donors (Lipinski definition) is 2. The number of nitrogens with one attached hydrogen (secondary N) is 2. The van der Waals surface area contributed by atoms with E-state index >= 15 is 0 Å². The van der Waals surface area contributed by atoms with Gasteiger partial charge >= 0.3 is 0 Å². The summed E-state index contributed by atoms with van der Waals surface area (Å²) in [6.07, 6.45) is 1.14. The molecule has 7 nitrogen and oxygen atoms in total. The fourth-order valence-corrected chi connectivity index (χ4v) is 6.61. The summed E-state index contributed by atoms with van der Waals surface area (Å²) in [4.78, 5) is 16.3. The van der Waals surface area contributed by atoms with Crippen LogP contribution in [0, 0.1) is 0 Å². The Morgan fingerprint density at radius 1 is 1.31 bits per heavy atom. The number of rotatable bonds is 7. The number of nitrogens with zero attached hydrogens (tertiary/aromatic N) is 1. The highest BCUT2D eigenvalue weighted by Crippen LogP contribution is 2.34. The molecular weight excluding hydrogens is 374 g/mol. The highest BCUT2D eigenvalue weighted by atomic mass is 32.2. The second-order valence-electron chi connectivity index (χ2n) is 6.43. The van der Waals surface area contributed by atoms with Crippen molar-refractivity contribution < 1.29 is 17.9 Å². The second kappa shape index (κ2) is 8.41. The van der Waals surface area contributed by atoms with Gasteiger partial charge in [0.15, 0.2) is 15.0 Å². The Morgan fingerprint density at radius 2 is 2.08 bits per heavy atom. The quantitative estimate of drug-likeness (QED) is 0.668. The summed E-state index contributed by atoms with van der Waals surface area (Å²) in [6, 6.07) is 7.49. The van der Waals surface area contributed by atoms with Crippen molar-refractivity contribution in [3.8, 4) is 0 Å². The van der Waals surface area contributed by atoms with Crippen LogP contribution in [0.5, 0.6) is 0 Å². The minimum absolute atomic E-state index is 0.00781. The molecule has 2 atom stereocenters. The van der Waals surface area contributed by atoms with Crippen LogP contribution in [0.25, 0.3) is 0 Å². The number of benzene rings is 1. The van der Waals surface area contributed by atoms with Crippen molar-refractivity contribution in [1.82, 2.24) is 5.32 Å². The molecule has 0 aliphatic carbocycles. The fraction of sp³-hybridized carbons (Fsp3) is 0.529. The van der Waals surface area contributed by atoms with E-state index in [1.807, 2.05) is 24.3 Å². The molecule has 1 fully saturated rings. The van der Waals surface area contributed by atoms with Crippen molar-refractivity contribution in [2.75, 3.05) is 37.1 Å². The molecule has 0 radical (unpaired) electrons. The Morgan fingerprint density at radius 3 is 2.77 bits per heavy atom. The van der Waals surface area contributed by atoms with Crippen LogP contribution >= 0.6 is 11.8 Å². The Labute approximate surface area is 157 Å². The fourth-order valence-electron chi connectivity index (χ4n) is 2.94. The molecule has 2 N–H and O–H groups in total. The largest absolute Gasteiger partial charge is 0.385 e. The first kappa shape index (κ1) is 19.2. The Balaban J connectivity index is 1.47. The van der Waals surface area contributed by atoms with Crippen molar-refractivity contribution in [2.45, 2.75) is 24.1 Å². The number of thioether (sulfide) groups is 1. The first-order valence-electron chi connectivity index (χ1n) is 8.52. The van der Waals surface area contributed by atoms with Crippen LogP contribution in [0.4, 0.5) is 5.69 Å². The molecular formula is C17H23N3O4S2. The van der Waals surface area contributed by atoms with Gasteiger partial charge in [0.1, 0.15) is 0 Å². The minimum Gasteiger partial charge on any atom is -0.385 e. The predicted molar refractivity (Wildman–Crippen MR) is 105 cm³/mol. The molecule has 0 bridgehead atoms. The van der Waals surface area contributed by atoms with E-state index in [-0.39, 0.29) is 28.7 Å². The molecule has 3 rings (SSSR count). The number of amidine groups is 1. The standard InChI is InChI=1S/C17H23N3O4S2/c1-24-8-2-7-18-16(21)9-12-3-5-13(6-4-12)19-17-20-14-10-26(22,23)11-15(14)25-17/h3-6,14-15H,2,7-11H2,1H3,(H,18,21)(H,19,20). The van der Waals surface area contributed by atoms with Crippen LogP contribution in [-0.2, 0) is 25.8 Å². The molecule has 0 spiro atoms. The highest BCUT2D eigenvalue weighted by Gasteiger charge is 2.42. The number of amides is 1. The molecule has 142 valence electrons. The second-order valence-corrected chi connectivity index (χ2v) is 9.81. The van der Waals surface area contributed by atoms with Gasteiger partial charge < -0.3 is 15.4 Å². The third-order valence-corrected chi connectivity index (χ3v) is 7.38. The zero-order valence-electron chi connectivity index (χ0n) is 14.6. The number of carbonyl (C=O) groups is 1. The molecule has 1 aromatic carbocycles. The molecule has 0 saturated carbocycles. The van der Waals surface area contributed by atoms with Gasteiger partial charge in [-0.1, -0.05) is 23.9 Å². The van der Waals surface area contributed by atoms with Gasteiger partial charge in [-0.3, -0.25) is 9.79 Å². The molecule has 2 aliphatic heterocycles. The van der Waals surface area contributed by atoms with E-state index < -0.39 is 9.84 Å². The van der Waals surface area contributed by atoms with Crippen LogP contribution < -0.4 is 10.6 Å². The topological polar surface area (TPSA) is 96.9 Å². The number of hydrogen-bond acceptors (Lipinski definition) is 7. The van der Waals surface area contributed by atoms with Gasteiger partial charge in [0.2, 0.25) is 5.91 Å². The third-order valence-electron chi connectivity index (χ3n) is 4.24. The van der Waals surface area contributed by atoms with Crippen molar-refractivity contribution in [1.29, 1.82) is 0 Å². The number of anilines is 1. The van der Waals surface area contributed by atoms with Crippen LogP contribution in [-0.4, -0.2) is 62.6 Å². The molecule has 1 saturated heterocycles. The molecule has 1 amide bonds. The zero-order chi connectivity index (χ0) is 18.6. The first-order chi connectivity index (χ1) is 12.4. The summed E-state index contributed by atoms with van der Waals surface area (Å²) in [5.41, 5.74) is 1.81. The summed E-state index contributed by atoms with van der Waals surface area (Å²) in [6.45, 7) is 1.25. The van der Waals surface area contributed by atoms with Gasteiger partial charge in [0.25, 0.3) is 0 Å². The van der Waals surface area contributed by atoms with Crippen molar-refractivity contribution in [3.63, 3.8) is 0 Å². The average Bonchev–Trinajstić information content (AvgIpc) is 3.06. The molecule has 2 heterocycles. The van der Waals surface area contributed by atoms with Crippen LogP contribution in [0.3, 0.4) is 0 Å². The van der Waals surface area contributed by atoms with E-state index in [0.29, 0.717) is 19.6 Å². The molecule has 0 aromatic heterocycles. The van der Waals surface area contributed by atoms with Gasteiger partial charge in [0, 0.05) is 31.2 Å². The van der Waals surface area contributed by atoms with Crippen LogP contribution in [0.15, 0.2) is 29.3 Å². The summed E-state index contributed by atoms with van der Waals surface area (Å²) in [5.74, 6) is 0.343. The summed E-state index contributed by atoms with van der Waals surface area (Å²) < 4.78 is 28.1. The first-order valence-corrected chi connectivity index (χ1v) is 11.2. The van der Waals surface area contributed by atoms with Crippen LogP contribution in [0.1, 0.15) is 12.0 Å². The van der Waals surface area contributed by atoms with E-state index in [9.17, 15) is 13.2 Å². The Hall–Kier alpha value is -1.58. The van der Waals surface area contributed by atoms with Gasteiger partial charge in [-0.2, -0.15) is 0 Å². The number of sulfone groups is 1. The van der Waals surface area contributed by atoms with Crippen molar-refractivity contribution in [2.24, 2.45) is 4.99 Å². The summed E-state index contributed by atoms with van der Waals surface area (Å²) >= 11 is 1.49. The lowest BCUT2D eigenvalue weighted by atomic mass is 10.1. The molecule has 9 heteroatoms. The Bertz CT molecular complexity index is 778. The predicted octanol–water partition coefficient (Wildman–Crippen LogP) is 1.06. The van der Waals surface area contributed by atoms with Gasteiger partial charge in [-0.05, 0) is 24.1 Å². The van der Waals surface area contributed by atoms with Gasteiger partial charge in [-0.15, -0.1) is 0 Å². The van der Waals surface area contributed by atoms with Gasteiger partial charge in [-0.25, -0.2) is 8.42 Å². The molecule has 1 aromatic rings. The van der Waals surface area contributed by atoms with E-state index in [2.05, 4.69) is 15.6 Å². The summed E-state index contributed by atoms with van der Waals surface area (Å²) in [5, 5.41) is 6.89. The zero-order valence-corrected chi connectivity index (χ0v) is 16.2. The maximum atomic E-state index is 11.9.